The molecule has 0 bridgehead atoms. The van der Waals surface area contributed by atoms with Crippen molar-refractivity contribution >= 4 is 0 Å². The molecule has 1 atom stereocenters. The number of hydrogen-bond donors (Lipinski definition) is 0. The summed E-state index contributed by atoms with van der Waals surface area (Å²) in [5, 5.41) is 3.86. The minimum absolute atomic E-state index is 0.121. The third-order valence-corrected chi connectivity index (χ3v) is 4.72. The summed E-state index contributed by atoms with van der Waals surface area (Å²) in [4.78, 5) is 6.36. The molecular formula is C20H20F3N3O3. The van der Waals surface area contributed by atoms with E-state index < -0.39 is 11.7 Å². The van der Waals surface area contributed by atoms with Crippen LogP contribution in [-0.4, -0.2) is 34.3 Å². The molecular weight excluding hydrogens is 387 g/mol. The van der Waals surface area contributed by atoms with Crippen molar-refractivity contribution in [2.45, 2.75) is 38.2 Å². The second-order valence-corrected chi connectivity index (χ2v) is 6.97. The molecule has 1 aliphatic heterocycles. The van der Waals surface area contributed by atoms with Crippen LogP contribution in [-0.2, 0) is 24.0 Å². The van der Waals surface area contributed by atoms with E-state index in [0.717, 1.165) is 37.3 Å². The van der Waals surface area contributed by atoms with Gasteiger partial charge in [-0.05, 0) is 37.1 Å². The van der Waals surface area contributed by atoms with E-state index in [4.69, 9.17) is 13.7 Å². The highest BCUT2D eigenvalue weighted by molar-refractivity contribution is 5.55. The molecule has 0 amide bonds. The van der Waals surface area contributed by atoms with Crippen molar-refractivity contribution in [2.24, 2.45) is 0 Å². The number of halogens is 3. The normalized spacial score (nSPS) is 17.3. The van der Waals surface area contributed by atoms with Crippen LogP contribution in [0.2, 0.25) is 0 Å². The van der Waals surface area contributed by atoms with Gasteiger partial charge in [0.1, 0.15) is 5.76 Å². The van der Waals surface area contributed by atoms with Crippen LogP contribution in [0.15, 0.2) is 51.6 Å². The summed E-state index contributed by atoms with van der Waals surface area (Å²) in [7, 11) is 0. The number of ether oxygens (including phenoxy) is 1. The van der Waals surface area contributed by atoms with Crippen LogP contribution in [0, 0.1) is 0 Å². The Labute approximate surface area is 165 Å². The minimum atomic E-state index is -4.43. The molecule has 2 aromatic heterocycles. The molecule has 9 heteroatoms. The van der Waals surface area contributed by atoms with Crippen molar-refractivity contribution in [3.63, 3.8) is 0 Å². The molecule has 3 heterocycles. The molecule has 29 heavy (non-hydrogen) atoms. The molecule has 0 saturated carbocycles. The first-order valence-electron chi connectivity index (χ1n) is 9.34. The second-order valence-electron chi connectivity index (χ2n) is 6.97. The minimum Gasteiger partial charge on any atom is -0.468 e. The van der Waals surface area contributed by atoms with Crippen LogP contribution in [0.25, 0.3) is 11.4 Å². The van der Waals surface area contributed by atoms with Crippen LogP contribution < -0.4 is 0 Å². The van der Waals surface area contributed by atoms with E-state index in [1.807, 2.05) is 12.1 Å². The third-order valence-electron chi connectivity index (χ3n) is 4.72. The predicted octanol–water partition coefficient (Wildman–Crippen LogP) is 4.53. The zero-order valence-corrected chi connectivity index (χ0v) is 15.6. The quantitative estimate of drug-likeness (QED) is 0.573. The van der Waals surface area contributed by atoms with E-state index in [-0.39, 0.29) is 17.5 Å². The third kappa shape index (κ3) is 5.04. The maximum atomic E-state index is 12.9. The van der Waals surface area contributed by atoms with E-state index in [9.17, 15) is 13.2 Å². The lowest BCUT2D eigenvalue weighted by Crippen LogP contribution is -2.31. The fraction of sp³-hybridized carbons (Fsp3) is 0.400. The topological polar surface area (TPSA) is 64.5 Å². The van der Waals surface area contributed by atoms with E-state index in [1.165, 1.54) is 12.1 Å². The zero-order valence-electron chi connectivity index (χ0n) is 15.6. The lowest BCUT2D eigenvalue weighted by Gasteiger charge is -2.22. The molecule has 154 valence electrons. The largest absolute Gasteiger partial charge is 0.468 e. The summed E-state index contributed by atoms with van der Waals surface area (Å²) in [6, 6.07) is 8.58. The first kappa shape index (κ1) is 19.7. The Kier molecular flexibility index (Phi) is 5.68. The highest BCUT2D eigenvalue weighted by atomic mass is 19.4. The molecule has 6 nitrogen and oxygen atoms in total. The van der Waals surface area contributed by atoms with Gasteiger partial charge in [0.15, 0.2) is 0 Å². The first-order valence-corrected chi connectivity index (χ1v) is 9.34. The van der Waals surface area contributed by atoms with Crippen LogP contribution in [0.1, 0.15) is 30.1 Å². The number of alkyl halides is 3. The van der Waals surface area contributed by atoms with Crippen molar-refractivity contribution in [2.75, 3.05) is 13.2 Å². The fourth-order valence-corrected chi connectivity index (χ4v) is 3.35. The van der Waals surface area contributed by atoms with Gasteiger partial charge in [0.25, 0.3) is 0 Å². The van der Waals surface area contributed by atoms with Crippen molar-refractivity contribution in [3.8, 4) is 11.4 Å². The smallest absolute Gasteiger partial charge is 0.416 e. The molecule has 0 radical (unpaired) electrons. The van der Waals surface area contributed by atoms with Gasteiger partial charge in [-0.2, -0.15) is 18.2 Å². The SMILES string of the molecule is FC(F)(F)c1cccc(-c2noc(CN(Cc3ccco3)CC3CCCO3)n2)c1. The van der Waals surface area contributed by atoms with Gasteiger partial charge in [-0.3, -0.25) is 4.90 Å². The summed E-state index contributed by atoms with van der Waals surface area (Å²) < 4.78 is 55.3. The molecule has 1 unspecified atom stereocenters. The van der Waals surface area contributed by atoms with Gasteiger partial charge < -0.3 is 13.7 Å². The number of rotatable bonds is 7. The highest BCUT2D eigenvalue weighted by Crippen LogP contribution is 2.31. The zero-order chi connectivity index (χ0) is 20.3. The van der Waals surface area contributed by atoms with Crippen LogP contribution in [0.3, 0.4) is 0 Å². The van der Waals surface area contributed by atoms with Crippen LogP contribution in [0.5, 0.6) is 0 Å². The van der Waals surface area contributed by atoms with Gasteiger partial charge in [0.05, 0.1) is 31.0 Å². The maximum Gasteiger partial charge on any atom is 0.416 e. The summed E-state index contributed by atoms with van der Waals surface area (Å²) in [6.45, 7) is 2.29. The number of benzene rings is 1. The lowest BCUT2D eigenvalue weighted by molar-refractivity contribution is -0.137. The molecule has 1 fully saturated rings. The van der Waals surface area contributed by atoms with Crippen molar-refractivity contribution < 1.29 is 26.8 Å². The van der Waals surface area contributed by atoms with Crippen LogP contribution in [0.4, 0.5) is 13.2 Å². The molecule has 0 aliphatic carbocycles. The number of furan rings is 1. The average Bonchev–Trinajstić information content (AvgIpc) is 3.44. The maximum absolute atomic E-state index is 12.9. The van der Waals surface area contributed by atoms with E-state index >= 15 is 0 Å². The van der Waals surface area contributed by atoms with Crippen LogP contribution >= 0.6 is 0 Å². The highest BCUT2D eigenvalue weighted by Gasteiger charge is 2.31. The summed E-state index contributed by atoms with van der Waals surface area (Å²) in [5.74, 6) is 1.24. The predicted molar refractivity (Wildman–Crippen MR) is 96.5 cm³/mol. The molecule has 1 aromatic carbocycles. The molecule has 4 rings (SSSR count). The average molecular weight is 407 g/mol. The Morgan fingerprint density at radius 2 is 2.03 bits per heavy atom. The van der Waals surface area contributed by atoms with Crippen molar-refractivity contribution in [1.82, 2.24) is 15.0 Å². The molecule has 1 saturated heterocycles. The summed E-state index contributed by atoms with van der Waals surface area (Å²) >= 11 is 0. The van der Waals surface area contributed by atoms with Gasteiger partial charge in [-0.15, -0.1) is 0 Å². The Bertz CT molecular complexity index is 918. The van der Waals surface area contributed by atoms with E-state index in [2.05, 4.69) is 15.0 Å². The van der Waals surface area contributed by atoms with Gasteiger partial charge in [0.2, 0.25) is 11.7 Å². The number of hydrogen-bond acceptors (Lipinski definition) is 6. The Hall–Kier alpha value is -2.65. The molecule has 0 spiro atoms. The van der Waals surface area contributed by atoms with Gasteiger partial charge >= 0.3 is 6.18 Å². The van der Waals surface area contributed by atoms with Gasteiger partial charge in [-0.1, -0.05) is 17.3 Å². The first-order chi connectivity index (χ1) is 14.0. The monoisotopic (exact) mass is 407 g/mol. The number of aromatic nitrogens is 2. The lowest BCUT2D eigenvalue weighted by atomic mass is 10.1. The second kappa shape index (κ2) is 8.38. The van der Waals surface area contributed by atoms with E-state index in [1.54, 1.807) is 6.26 Å². The standard InChI is InChI=1S/C20H20F3N3O3/c21-20(22,23)15-5-1-4-14(10-15)19-24-18(29-25-19)13-26(11-16-6-2-8-27-16)12-17-7-3-9-28-17/h1-2,4-6,8,10,17H,3,7,9,11-13H2. The fourth-order valence-electron chi connectivity index (χ4n) is 3.35. The van der Waals surface area contributed by atoms with Gasteiger partial charge in [-0.25, -0.2) is 0 Å². The Morgan fingerprint density at radius 1 is 1.14 bits per heavy atom. The molecule has 0 N–H and O–H groups in total. The molecule has 1 aliphatic rings. The van der Waals surface area contributed by atoms with Crippen molar-refractivity contribution in [3.05, 3.63) is 59.9 Å². The number of nitrogens with zero attached hydrogens (tertiary/aromatic N) is 3. The Morgan fingerprint density at radius 3 is 2.76 bits per heavy atom. The summed E-state index contributed by atoms with van der Waals surface area (Å²) in [5.41, 5.74) is -0.495. The Balaban J connectivity index is 1.49. The summed E-state index contributed by atoms with van der Waals surface area (Å²) in [6.07, 6.45) is -0.689. The van der Waals surface area contributed by atoms with Crippen molar-refractivity contribution in [1.29, 1.82) is 0 Å². The van der Waals surface area contributed by atoms with E-state index in [0.29, 0.717) is 25.5 Å². The molecule has 3 aromatic rings. The van der Waals surface area contributed by atoms with Gasteiger partial charge in [0, 0.05) is 18.7 Å².